The van der Waals surface area contributed by atoms with Gasteiger partial charge in [0.25, 0.3) is 0 Å². The van der Waals surface area contributed by atoms with Crippen LogP contribution >= 0.6 is 0 Å². The van der Waals surface area contributed by atoms with Crippen LogP contribution in [0, 0.1) is 0 Å². The van der Waals surface area contributed by atoms with Gasteiger partial charge in [0.05, 0.1) is 5.69 Å². The Morgan fingerprint density at radius 2 is 0.619 bits per heavy atom. The molecule has 1 heterocycles. The first-order valence-electron chi connectivity index (χ1n) is 21.6. The maximum atomic E-state index is 6.64. The number of rotatable bonds is 10. The number of hydrogen-bond donors (Lipinski definition) is 0. The first kappa shape index (κ1) is 38.0. The second kappa shape index (κ2) is 16.5. The van der Waals surface area contributed by atoms with Gasteiger partial charge in [0, 0.05) is 22.1 Å². The van der Waals surface area contributed by atoms with Gasteiger partial charge in [-0.1, -0.05) is 224 Å². The minimum Gasteiger partial charge on any atom is -0.454 e. The van der Waals surface area contributed by atoms with Gasteiger partial charge in [0.2, 0.25) is 0 Å². The fraction of sp³-hybridized carbons (Fsp3) is 0. The molecule has 0 atom stereocenters. The molecular formula is C60H43NOSi. The molecule has 0 bridgehead atoms. The van der Waals surface area contributed by atoms with Crippen LogP contribution in [0.25, 0.3) is 55.3 Å². The van der Waals surface area contributed by atoms with Crippen molar-refractivity contribution in [1.82, 2.24) is 0 Å². The lowest BCUT2D eigenvalue weighted by Gasteiger charge is -2.34. The van der Waals surface area contributed by atoms with E-state index in [1.165, 1.54) is 43.0 Å². The second-order valence-electron chi connectivity index (χ2n) is 16.1. The Labute approximate surface area is 369 Å². The Morgan fingerprint density at radius 1 is 0.270 bits per heavy atom. The Morgan fingerprint density at radius 3 is 1.10 bits per heavy atom. The highest BCUT2D eigenvalue weighted by Gasteiger charge is 2.41. The normalized spacial score (nSPS) is 11.5. The van der Waals surface area contributed by atoms with Crippen molar-refractivity contribution in [2.75, 3.05) is 4.90 Å². The van der Waals surface area contributed by atoms with Crippen LogP contribution in [0.1, 0.15) is 0 Å². The molecule has 11 aromatic rings. The molecule has 0 saturated heterocycles. The summed E-state index contributed by atoms with van der Waals surface area (Å²) < 4.78 is 6.64. The predicted octanol–water partition coefficient (Wildman–Crippen LogP) is 13.4. The van der Waals surface area contributed by atoms with E-state index in [1.54, 1.807) is 0 Å². The van der Waals surface area contributed by atoms with Crippen LogP contribution in [0.15, 0.2) is 265 Å². The number of anilines is 3. The molecule has 0 N–H and O–H groups in total. The van der Waals surface area contributed by atoms with Crippen molar-refractivity contribution in [1.29, 1.82) is 0 Å². The van der Waals surface area contributed by atoms with Gasteiger partial charge >= 0.3 is 0 Å². The summed E-state index contributed by atoms with van der Waals surface area (Å²) in [7, 11) is -2.62. The van der Waals surface area contributed by atoms with Crippen LogP contribution < -0.4 is 25.6 Å². The van der Waals surface area contributed by atoms with Gasteiger partial charge in [-0.2, -0.15) is 0 Å². The van der Waals surface area contributed by atoms with Gasteiger partial charge in [0.1, 0.15) is 5.58 Å². The van der Waals surface area contributed by atoms with E-state index in [0.717, 1.165) is 50.1 Å². The van der Waals surface area contributed by atoms with Crippen LogP contribution in [-0.2, 0) is 0 Å². The van der Waals surface area contributed by atoms with Gasteiger partial charge < -0.3 is 9.32 Å². The molecule has 2 nitrogen and oxygen atoms in total. The Hall–Kier alpha value is -7.98. The van der Waals surface area contributed by atoms with E-state index in [1.807, 2.05) is 12.1 Å². The lowest BCUT2D eigenvalue weighted by Crippen LogP contribution is -2.74. The third-order valence-electron chi connectivity index (χ3n) is 12.5. The molecule has 0 aliphatic heterocycles. The van der Waals surface area contributed by atoms with Crippen LogP contribution in [0.3, 0.4) is 0 Å². The molecule has 0 aliphatic carbocycles. The Balaban J connectivity index is 0.972. The predicted molar refractivity (Wildman–Crippen MR) is 268 cm³/mol. The molecule has 0 unspecified atom stereocenters. The average molecular weight is 822 g/mol. The number of fused-ring (bicyclic) bond motifs is 3. The summed E-state index contributed by atoms with van der Waals surface area (Å²) in [5, 5.41) is 7.67. The van der Waals surface area contributed by atoms with Crippen molar-refractivity contribution >= 4 is 67.8 Å². The smallest absolute Gasteiger partial charge is 0.179 e. The summed E-state index contributed by atoms with van der Waals surface area (Å²) >= 11 is 0. The standard InChI is InChI=1S/C60H43NOSi/c1-5-16-44(17-6-1)45-28-30-46(31-29-45)47-32-38-50(39-33-47)61(58-26-15-25-57-56-24-13-14-27-59(56)62-60(57)58)51-40-34-48(35-41-51)49-36-42-55(43-37-49)63(52-18-7-2-8-19-52,53-20-9-3-10-21-53)54-22-11-4-12-23-54/h1-43H. The molecule has 0 radical (unpaired) electrons. The minimum absolute atomic E-state index is 0.863. The van der Waals surface area contributed by atoms with Crippen molar-refractivity contribution in [2.45, 2.75) is 0 Å². The molecule has 0 spiro atoms. The molecule has 10 aromatic carbocycles. The molecule has 63 heavy (non-hydrogen) atoms. The number of furan rings is 1. The average Bonchev–Trinajstić information content (AvgIpc) is 3.76. The van der Waals surface area contributed by atoms with E-state index < -0.39 is 8.07 Å². The summed E-state index contributed by atoms with van der Waals surface area (Å²) in [5.74, 6) is 0. The Kier molecular flexibility index (Phi) is 9.93. The van der Waals surface area contributed by atoms with Crippen LogP contribution in [0.5, 0.6) is 0 Å². The van der Waals surface area contributed by atoms with Gasteiger partial charge in [-0.15, -0.1) is 0 Å². The number of hydrogen-bond acceptors (Lipinski definition) is 2. The van der Waals surface area contributed by atoms with Crippen molar-refractivity contribution in [3.8, 4) is 33.4 Å². The van der Waals surface area contributed by atoms with E-state index in [-0.39, 0.29) is 0 Å². The summed E-state index contributed by atoms with van der Waals surface area (Å²) in [4.78, 5) is 2.32. The van der Waals surface area contributed by atoms with Crippen LogP contribution in [-0.4, -0.2) is 8.07 Å². The number of para-hydroxylation sites is 2. The van der Waals surface area contributed by atoms with E-state index in [4.69, 9.17) is 4.42 Å². The van der Waals surface area contributed by atoms with Crippen molar-refractivity contribution in [2.24, 2.45) is 0 Å². The van der Waals surface area contributed by atoms with Crippen molar-refractivity contribution in [3.63, 3.8) is 0 Å². The number of benzene rings is 10. The quantitative estimate of drug-likeness (QED) is 0.101. The first-order chi connectivity index (χ1) is 31.2. The topological polar surface area (TPSA) is 16.4 Å². The molecule has 0 fully saturated rings. The second-order valence-corrected chi connectivity index (χ2v) is 19.9. The monoisotopic (exact) mass is 821 g/mol. The SMILES string of the molecule is c1ccc(-c2ccc(-c3ccc(N(c4ccc(-c5ccc([Si](c6ccccc6)(c6ccccc6)c6ccccc6)cc5)cc4)c4cccc5c4oc4ccccc45)cc3)cc2)cc1. The van der Waals surface area contributed by atoms with Crippen LogP contribution in [0.2, 0.25) is 0 Å². The fourth-order valence-electron chi connectivity index (χ4n) is 9.40. The van der Waals surface area contributed by atoms with Crippen LogP contribution in [0.4, 0.5) is 17.1 Å². The van der Waals surface area contributed by atoms with E-state index in [0.29, 0.717) is 0 Å². The zero-order chi connectivity index (χ0) is 42.0. The summed E-state index contributed by atoms with van der Waals surface area (Å²) in [6.07, 6.45) is 0. The summed E-state index contributed by atoms with van der Waals surface area (Å²) in [6, 6.07) is 94.6. The van der Waals surface area contributed by atoms with Crippen molar-refractivity contribution in [3.05, 3.63) is 261 Å². The lowest BCUT2D eigenvalue weighted by molar-refractivity contribution is 0.669. The molecule has 298 valence electrons. The fourth-order valence-corrected chi connectivity index (χ4v) is 14.1. The highest BCUT2D eigenvalue weighted by atomic mass is 28.3. The lowest BCUT2D eigenvalue weighted by atomic mass is 10.00. The van der Waals surface area contributed by atoms with E-state index in [9.17, 15) is 0 Å². The zero-order valence-corrected chi connectivity index (χ0v) is 35.7. The third kappa shape index (κ3) is 6.95. The maximum Gasteiger partial charge on any atom is 0.179 e. The third-order valence-corrected chi connectivity index (χ3v) is 17.3. The molecule has 3 heteroatoms. The zero-order valence-electron chi connectivity index (χ0n) is 34.7. The summed E-state index contributed by atoms with van der Waals surface area (Å²) in [5.41, 5.74) is 11.9. The highest BCUT2D eigenvalue weighted by molar-refractivity contribution is 7.19. The largest absolute Gasteiger partial charge is 0.454 e. The van der Waals surface area contributed by atoms with Gasteiger partial charge in [-0.05, 0) is 90.5 Å². The van der Waals surface area contributed by atoms with E-state index in [2.05, 4.69) is 254 Å². The Bertz CT molecular complexity index is 3180. The molecular weight excluding hydrogens is 779 g/mol. The first-order valence-corrected chi connectivity index (χ1v) is 23.6. The number of nitrogens with zero attached hydrogens (tertiary/aromatic N) is 1. The molecule has 0 amide bonds. The van der Waals surface area contributed by atoms with E-state index >= 15 is 0 Å². The molecule has 0 aliphatic rings. The van der Waals surface area contributed by atoms with Gasteiger partial charge in [0.15, 0.2) is 13.7 Å². The van der Waals surface area contributed by atoms with Gasteiger partial charge in [-0.25, -0.2) is 0 Å². The highest BCUT2D eigenvalue weighted by Crippen LogP contribution is 2.43. The maximum absolute atomic E-state index is 6.64. The summed E-state index contributed by atoms with van der Waals surface area (Å²) in [6.45, 7) is 0. The molecule has 1 aromatic heterocycles. The van der Waals surface area contributed by atoms with Crippen molar-refractivity contribution < 1.29 is 4.42 Å². The van der Waals surface area contributed by atoms with Gasteiger partial charge in [-0.3, -0.25) is 0 Å². The molecule has 11 rings (SSSR count). The minimum atomic E-state index is -2.62. The molecule has 0 saturated carbocycles.